The van der Waals surface area contributed by atoms with Crippen molar-refractivity contribution in [3.8, 4) is 10.6 Å². The van der Waals surface area contributed by atoms with Gasteiger partial charge in [0.2, 0.25) is 0 Å². The van der Waals surface area contributed by atoms with E-state index in [0.29, 0.717) is 11.3 Å². The molecule has 4 nitrogen and oxygen atoms in total. The van der Waals surface area contributed by atoms with Crippen molar-refractivity contribution in [2.24, 2.45) is 0 Å². The van der Waals surface area contributed by atoms with Crippen LogP contribution in [0, 0.1) is 0 Å². The molecule has 1 amide bonds. The highest BCUT2D eigenvalue weighted by atomic mass is 32.1. The number of nitrogens with one attached hydrogen (secondary N) is 1. The van der Waals surface area contributed by atoms with Gasteiger partial charge in [0.15, 0.2) is 0 Å². The van der Waals surface area contributed by atoms with Crippen LogP contribution in [0.5, 0.6) is 0 Å². The molecular weight excluding hydrogens is 377 g/mol. The quantitative estimate of drug-likeness (QED) is 0.716. The zero-order valence-electron chi connectivity index (χ0n) is 14.2. The number of aromatic amines is 1. The summed E-state index contributed by atoms with van der Waals surface area (Å²) in [5, 5.41) is 1.88. The van der Waals surface area contributed by atoms with Crippen LogP contribution in [0.1, 0.15) is 21.5 Å². The molecule has 1 N–H and O–H groups in total. The number of nitrogens with zero attached hydrogens (tertiary/aromatic N) is 1. The van der Waals surface area contributed by atoms with Gasteiger partial charge in [-0.2, -0.15) is 13.2 Å². The SMILES string of the molecule is CN(Cc1ccc(C(F)(F)F)cc1)C(=O)c1ccc(-c2cccs2)[nH]c1=O. The summed E-state index contributed by atoms with van der Waals surface area (Å²) < 4.78 is 37.8. The number of benzene rings is 1. The van der Waals surface area contributed by atoms with Crippen molar-refractivity contribution in [1.82, 2.24) is 9.88 Å². The predicted molar refractivity (Wildman–Crippen MR) is 97.6 cm³/mol. The largest absolute Gasteiger partial charge is 0.416 e. The average Bonchev–Trinajstić information content (AvgIpc) is 3.15. The van der Waals surface area contributed by atoms with Gasteiger partial charge < -0.3 is 9.88 Å². The Morgan fingerprint density at radius 3 is 2.37 bits per heavy atom. The summed E-state index contributed by atoms with van der Waals surface area (Å²) in [4.78, 5) is 29.6. The molecule has 1 aromatic carbocycles. The van der Waals surface area contributed by atoms with Gasteiger partial charge in [0.25, 0.3) is 11.5 Å². The molecule has 0 saturated heterocycles. The second kappa shape index (κ2) is 7.40. The second-order valence-electron chi connectivity index (χ2n) is 5.95. The topological polar surface area (TPSA) is 53.2 Å². The number of thiophene rings is 1. The maximum Gasteiger partial charge on any atom is 0.416 e. The number of amides is 1. The lowest BCUT2D eigenvalue weighted by atomic mass is 10.1. The number of rotatable bonds is 4. The first-order valence-corrected chi connectivity index (χ1v) is 8.82. The number of carbonyl (C=O) groups excluding carboxylic acids is 1. The minimum absolute atomic E-state index is 0.0234. The molecule has 3 rings (SSSR count). The first-order valence-electron chi connectivity index (χ1n) is 7.94. The van der Waals surface area contributed by atoms with Crippen LogP contribution in [0.2, 0.25) is 0 Å². The molecule has 0 bridgehead atoms. The van der Waals surface area contributed by atoms with Gasteiger partial charge in [0, 0.05) is 13.6 Å². The van der Waals surface area contributed by atoms with Gasteiger partial charge in [-0.3, -0.25) is 9.59 Å². The van der Waals surface area contributed by atoms with Crippen LogP contribution in [0.15, 0.2) is 58.7 Å². The van der Waals surface area contributed by atoms with E-state index in [1.54, 1.807) is 6.07 Å². The molecule has 0 aliphatic carbocycles. The summed E-state index contributed by atoms with van der Waals surface area (Å²) in [6, 6.07) is 11.4. The van der Waals surface area contributed by atoms with Crippen LogP contribution in [0.4, 0.5) is 13.2 Å². The van der Waals surface area contributed by atoms with Crippen molar-refractivity contribution in [2.75, 3.05) is 7.05 Å². The fourth-order valence-corrected chi connectivity index (χ4v) is 3.27. The maximum atomic E-state index is 12.6. The van der Waals surface area contributed by atoms with Gasteiger partial charge in [0.1, 0.15) is 5.56 Å². The van der Waals surface area contributed by atoms with Gasteiger partial charge in [-0.1, -0.05) is 18.2 Å². The zero-order chi connectivity index (χ0) is 19.6. The van der Waals surface area contributed by atoms with Crippen LogP contribution in [0.25, 0.3) is 10.6 Å². The number of carbonyl (C=O) groups is 1. The highest BCUT2D eigenvalue weighted by Crippen LogP contribution is 2.29. The lowest BCUT2D eigenvalue weighted by Gasteiger charge is -2.17. The Morgan fingerprint density at radius 2 is 1.81 bits per heavy atom. The minimum Gasteiger partial charge on any atom is -0.337 e. The zero-order valence-corrected chi connectivity index (χ0v) is 15.0. The van der Waals surface area contributed by atoms with E-state index in [0.717, 1.165) is 17.0 Å². The smallest absolute Gasteiger partial charge is 0.337 e. The molecule has 0 aliphatic heterocycles. The monoisotopic (exact) mass is 392 g/mol. The molecular formula is C19H15F3N2O2S. The van der Waals surface area contributed by atoms with E-state index in [-0.39, 0.29) is 12.1 Å². The number of aromatic nitrogens is 1. The number of H-pyrrole nitrogens is 1. The van der Waals surface area contributed by atoms with Gasteiger partial charge in [-0.15, -0.1) is 11.3 Å². The summed E-state index contributed by atoms with van der Waals surface area (Å²) in [5.41, 5.74) is -0.127. The fraction of sp³-hybridized carbons (Fsp3) is 0.158. The number of halogens is 3. The summed E-state index contributed by atoms with van der Waals surface area (Å²) >= 11 is 1.46. The first-order chi connectivity index (χ1) is 12.8. The van der Waals surface area contributed by atoms with Crippen LogP contribution >= 0.6 is 11.3 Å². The van der Waals surface area contributed by atoms with Gasteiger partial charge in [-0.05, 0) is 41.3 Å². The molecule has 0 unspecified atom stereocenters. The summed E-state index contributed by atoms with van der Waals surface area (Å²) in [7, 11) is 1.49. The van der Waals surface area contributed by atoms with E-state index in [2.05, 4.69) is 4.98 Å². The third kappa shape index (κ3) is 4.28. The molecule has 140 valence electrons. The first kappa shape index (κ1) is 18.9. The molecule has 0 radical (unpaired) electrons. The number of alkyl halides is 3. The fourth-order valence-electron chi connectivity index (χ4n) is 2.57. The van der Waals surface area contributed by atoms with Crippen molar-refractivity contribution < 1.29 is 18.0 Å². The molecule has 0 fully saturated rings. The Balaban J connectivity index is 1.74. The van der Waals surface area contributed by atoms with Crippen LogP contribution in [0.3, 0.4) is 0 Å². The summed E-state index contributed by atoms with van der Waals surface area (Å²) in [6.07, 6.45) is -4.40. The third-order valence-corrected chi connectivity index (χ3v) is 4.88. The van der Waals surface area contributed by atoms with Crippen molar-refractivity contribution in [1.29, 1.82) is 0 Å². The van der Waals surface area contributed by atoms with Crippen molar-refractivity contribution in [3.63, 3.8) is 0 Å². The Hall–Kier alpha value is -2.87. The highest BCUT2D eigenvalue weighted by molar-refractivity contribution is 7.13. The molecule has 3 aromatic rings. The van der Waals surface area contributed by atoms with E-state index < -0.39 is 23.2 Å². The maximum absolute atomic E-state index is 12.6. The number of pyridine rings is 1. The Labute approximate surface area is 156 Å². The Bertz CT molecular complexity index is 993. The van der Waals surface area contributed by atoms with E-state index >= 15 is 0 Å². The molecule has 2 heterocycles. The van der Waals surface area contributed by atoms with Crippen molar-refractivity contribution in [3.05, 3.63) is 81.0 Å². The normalized spacial score (nSPS) is 11.4. The number of hydrogen-bond donors (Lipinski definition) is 1. The lowest BCUT2D eigenvalue weighted by molar-refractivity contribution is -0.137. The molecule has 0 saturated carbocycles. The van der Waals surface area contributed by atoms with Gasteiger partial charge in [-0.25, -0.2) is 0 Å². The predicted octanol–water partition coefficient (Wildman–Crippen LogP) is 4.39. The lowest BCUT2D eigenvalue weighted by Crippen LogP contribution is -2.31. The van der Waals surface area contributed by atoms with E-state index in [9.17, 15) is 22.8 Å². The van der Waals surface area contributed by atoms with E-state index in [1.807, 2.05) is 17.5 Å². The van der Waals surface area contributed by atoms with E-state index in [1.165, 1.54) is 41.5 Å². The van der Waals surface area contributed by atoms with Gasteiger partial charge in [0.05, 0.1) is 16.1 Å². The summed E-state index contributed by atoms with van der Waals surface area (Å²) in [6.45, 7) is 0.0864. The van der Waals surface area contributed by atoms with Gasteiger partial charge >= 0.3 is 6.18 Å². The standard InChI is InChI=1S/C19H15F3N2O2S/c1-24(11-12-4-6-13(7-5-12)19(20,21)22)18(26)14-8-9-15(23-17(14)25)16-3-2-10-27-16/h2-10H,11H2,1H3,(H,23,25). The summed E-state index contributed by atoms with van der Waals surface area (Å²) in [5.74, 6) is -0.506. The molecule has 0 aliphatic rings. The Kier molecular flexibility index (Phi) is 5.18. The van der Waals surface area contributed by atoms with Crippen LogP contribution in [-0.4, -0.2) is 22.8 Å². The average molecular weight is 392 g/mol. The molecule has 2 aromatic heterocycles. The van der Waals surface area contributed by atoms with Crippen molar-refractivity contribution in [2.45, 2.75) is 12.7 Å². The molecule has 27 heavy (non-hydrogen) atoms. The number of hydrogen-bond acceptors (Lipinski definition) is 3. The third-order valence-electron chi connectivity index (χ3n) is 3.97. The molecule has 0 atom stereocenters. The highest BCUT2D eigenvalue weighted by Gasteiger charge is 2.30. The minimum atomic E-state index is -4.40. The van der Waals surface area contributed by atoms with Crippen LogP contribution < -0.4 is 5.56 Å². The molecule has 0 spiro atoms. The molecule has 8 heteroatoms. The Morgan fingerprint density at radius 1 is 1.11 bits per heavy atom. The van der Waals surface area contributed by atoms with Crippen LogP contribution in [-0.2, 0) is 12.7 Å². The van der Waals surface area contributed by atoms with Crippen molar-refractivity contribution >= 4 is 17.2 Å². The van der Waals surface area contributed by atoms with E-state index in [4.69, 9.17) is 0 Å². The second-order valence-corrected chi connectivity index (χ2v) is 6.90.